The highest BCUT2D eigenvalue weighted by molar-refractivity contribution is 5.84. The van der Waals surface area contributed by atoms with Crippen LogP contribution in [0.4, 0.5) is 0 Å². The summed E-state index contributed by atoms with van der Waals surface area (Å²) < 4.78 is 5.40. The number of hydrogen-bond acceptors (Lipinski definition) is 4. The van der Waals surface area contributed by atoms with Gasteiger partial charge in [0.1, 0.15) is 0 Å². The first kappa shape index (κ1) is 13.3. The van der Waals surface area contributed by atoms with Gasteiger partial charge >= 0.3 is 0 Å². The largest absolute Gasteiger partial charge is 0.379 e. The van der Waals surface area contributed by atoms with Crippen molar-refractivity contribution in [2.75, 3.05) is 39.4 Å². The van der Waals surface area contributed by atoms with Gasteiger partial charge in [0.2, 0.25) is 5.91 Å². The van der Waals surface area contributed by atoms with E-state index in [0.717, 1.165) is 19.5 Å². The van der Waals surface area contributed by atoms with Gasteiger partial charge in [0, 0.05) is 25.2 Å². The summed E-state index contributed by atoms with van der Waals surface area (Å²) in [5.74, 6) is 0.194. The molecule has 3 atom stereocenters. The number of hydrogen-bond donors (Lipinski definition) is 1. The van der Waals surface area contributed by atoms with E-state index in [4.69, 9.17) is 10.5 Å². The van der Waals surface area contributed by atoms with E-state index in [9.17, 15) is 4.79 Å². The summed E-state index contributed by atoms with van der Waals surface area (Å²) in [6.45, 7) is 7.09. The lowest BCUT2D eigenvalue weighted by Crippen LogP contribution is -2.51. The van der Waals surface area contributed by atoms with Crippen LogP contribution in [0.1, 0.15) is 26.2 Å². The van der Waals surface area contributed by atoms with Crippen molar-refractivity contribution < 1.29 is 9.53 Å². The van der Waals surface area contributed by atoms with E-state index in [1.165, 1.54) is 25.9 Å². The molecule has 3 saturated heterocycles. The van der Waals surface area contributed by atoms with Crippen molar-refractivity contribution >= 4 is 5.91 Å². The Morgan fingerprint density at radius 2 is 2.05 bits per heavy atom. The summed E-state index contributed by atoms with van der Waals surface area (Å²) >= 11 is 0. The van der Waals surface area contributed by atoms with Gasteiger partial charge in [-0.05, 0) is 39.3 Å². The maximum atomic E-state index is 12.7. The highest BCUT2D eigenvalue weighted by atomic mass is 16.5. The Labute approximate surface area is 115 Å². The van der Waals surface area contributed by atoms with E-state index in [1.54, 1.807) is 0 Å². The second kappa shape index (κ2) is 5.04. The first-order valence-corrected chi connectivity index (χ1v) is 7.48. The summed E-state index contributed by atoms with van der Waals surface area (Å²) in [6, 6.07) is 0.402. The van der Waals surface area contributed by atoms with Gasteiger partial charge in [0.25, 0.3) is 0 Å². The summed E-state index contributed by atoms with van der Waals surface area (Å²) in [6.07, 6.45) is 3.72. The van der Waals surface area contributed by atoms with Crippen molar-refractivity contribution in [3.63, 3.8) is 0 Å². The third-order valence-corrected chi connectivity index (χ3v) is 5.11. The van der Waals surface area contributed by atoms with Crippen LogP contribution in [-0.2, 0) is 9.53 Å². The van der Waals surface area contributed by atoms with Crippen LogP contribution in [0.5, 0.6) is 0 Å². The van der Waals surface area contributed by atoms with Gasteiger partial charge in [-0.25, -0.2) is 0 Å². The molecule has 0 aromatic carbocycles. The van der Waals surface area contributed by atoms with Gasteiger partial charge in [-0.2, -0.15) is 0 Å². The van der Waals surface area contributed by atoms with Gasteiger partial charge in [0.05, 0.1) is 18.6 Å². The molecule has 108 valence electrons. The van der Waals surface area contributed by atoms with Crippen molar-refractivity contribution in [3.05, 3.63) is 0 Å². The zero-order valence-electron chi connectivity index (χ0n) is 11.8. The molecule has 0 aliphatic carbocycles. The van der Waals surface area contributed by atoms with Crippen LogP contribution < -0.4 is 5.73 Å². The molecule has 0 aromatic heterocycles. The fourth-order valence-corrected chi connectivity index (χ4v) is 3.60. The molecule has 0 spiro atoms. The number of carbonyl (C=O) groups excluding carboxylic acids is 1. The number of rotatable bonds is 2. The van der Waals surface area contributed by atoms with Crippen LogP contribution in [-0.4, -0.2) is 67.2 Å². The summed E-state index contributed by atoms with van der Waals surface area (Å²) in [5, 5.41) is 0. The molecular formula is C14H25N3O2. The molecule has 5 heteroatoms. The Balaban J connectivity index is 1.62. The third kappa shape index (κ3) is 2.28. The van der Waals surface area contributed by atoms with Crippen molar-refractivity contribution in [1.29, 1.82) is 0 Å². The average Bonchev–Trinajstić information content (AvgIpc) is 3.10. The normalized spacial score (nSPS) is 40.2. The topological polar surface area (TPSA) is 58.8 Å². The van der Waals surface area contributed by atoms with Crippen LogP contribution in [0.2, 0.25) is 0 Å². The molecular weight excluding hydrogens is 242 g/mol. The zero-order valence-corrected chi connectivity index (χ0v) is 11.8. The molecule has 0 saturated carbocycles. The molecule has 1 amide bonds. The summed E-state index contributed by atoms with van der Waals surface area (Å²) in [7, 11) is 0. The molecule has 0 radical (unpaired) electrons. The summed E-state index contributed by atoms with van der Waals surface area (Å²) in [4.78, 5) is 17.2. The first-order chi connectivity index (χ1) is 9.11. The standard InChI is InChI=1S/C14H25N3O2/c1-14(10-19-9-12(14)15)13(18)17-7-4-11(8-17)16-5-2-3-6-16/h11-12H,2-10,15H2,1H3. The van der Waals surface area contributed by atoms with Crippen molar-refractivity contribution in [2.45, 2.75) is 38.3 Å². The lowest BCUT2D eigenvalue weighted by Gasteiger charge is -2.31. The van der Waals surface area contributed by atoms with Crippen LogP contribution in [0.25, 0.3) is 0 Å². The second-order valence-electron chi connectivity index (χ2n) is 6.48. The molecule has 3 aliphatic heterocycles. The van der Waals surface area contributed by atoms with E-state index in [1.807, 2.05) is 11.8 Å². The van der Waals surface area contributed by atoms with E-state index in [2.05, 4.69) is 4.90 Å². The number of ether oxygens (including phenoxy) is 1. The predicted octanol–water partition coefficient (Wildman–Crippen LogP) is 0.0469. The van der Waals surface area contributed by atoms with Gasteiger partial charge in [0.15, 0.2) is 0 Å². The Bertz CT molecular complexity index is 357. The molecule has 3 aliphatic rings. The minimum atomic E-state index is -0.514. The van der Waals surface area contributed by atoms with Crippen LogP contribution in [0.15, 0.2) is 0 Å². The van der Waals surface area contributed by atoms with Crippen LogP contribution in [0.3, 0.4) is 0 Å². The van der Waals surface area contributed by atoms with Gasteiger partial charge in [-0.3, -0.25) is 9.69 Å². The molecule has 3 heterocycles. The fraction of sp³-hybridized carbons (Fsp3) is 0.929. The van der Waals surface area contributed by atoms with Gasteiger partial charge < -0.3 is 15.4 Å². The SMILES string of the molecule is CC1(C(=O)N2CCC(N3CCCC3)C2)COCC1N. The lowest BCUT2D eigenvalue weighted by atomic mass is 9.84. The smallest absolute Gasteiger partial charge is 0.232 e. The monoisotopic (exact) mass is 267 g/mol. The number of likely N-dealkylation sites (tertiary alicyclic amines) is 2. The Hall–Kier alpha value is -0.650. The minimum absolute atomic E-state index is 0.161. The zero-order chi connectivity index (χ0) is 13.5. The van der Waals surface area contributed by atoms with Crippen molar-refractivity contribution in [3.8, 4) is 0 Å². The molecule has 19 heavy (non-hydrogen) atoms. The van der Waals surface area contributed by atoms with Gasteiger partial charge in [-0.1, -0.05) is 0 Å². The maximum Gasteiger partial charge on any atom is 0.232 e. The van der Waals surface area contributed by atoms with E-state index in [0.29, 0.717) is 19.3 Å². The molecule has 2 N–H and O–H groups in total. The lowest BCUT2D eigenvalue weighted by molar-refractivity contribution is -0.140. The highest BCUT2D eigenvalue weighted by Gasteiger charge is 2.47. The molecule has 3 rings (SSSR count). The fourth-order valence-electron chi connectivity index (χ4n) is 3.60. The Morgan fingerprint density at radius 1 is 1.32 bits per heavy atom. The number of nitrogens with two attached hydrogens (primary N) is 1. The maximum absolute atomic E-state index is 12.7. The number of carbonyl (C=O) groups is 1. The third-order valence-electron chi connectivity index (χ3n) is 5.11. The van der Waals surface area contributed by atoms with E-state index >= 15 is 0 Å². The molecule has 5 nitrogen and oxygen atoms in total. The van der Waals surface area contributed by atoms with Gasteiger partial charge in [-0.15, -0.1) is 0 Å². The van der Waals surface area contributed by atoms with Crippen molar-refractivity contribution in [2.24, 2.45) is 11.1 Å². The summed E-state index contributed by atoms with van der Waals surface area (Å²) in [5.41, 5.74) is 5.54. The number of amides is 1. The quantitative estimate of drug-likeness (QED) is 0.768. The van der Waals surface area contributed by atoms with E-state index in [-0.39, 0.29) is 11.9 Å². The molecule has 3 fully saturated rings. The highest BCUT2D eigenvalue weighted by Crippen LogP contribution is 2.31. The van der Waals surface area contributed by atoms with Crippen LogP contribution >= 0.6 is 0 Å². The average molecular weight is 267 g/mol. The minimum Gasteiger partial charge on any atom is -0.379 e. The molecule has 0 bridgehead atoms. The first-order valence-electron chi connectivity index (χ1n) is 7.48. The predicted molar refractivity (Wildman–Crippen MR) is 72.7 cm³/mol. The van der Waals surface area contributed by atoms with Crippen molar-refractivity contribution in [1.82, 2.24) is 9.80 Å². The van der Waals surface area contributed by atoms with Crippen LogP contribution in [0, 0.1) is 5.41 Å². The molecule has 0 aromatic rings. The van der Waals surface area contributed by atoms with E-state index < -0.39 is 5.41 Å². The molecule has 3 unspecified atom stereocenters. The Kier molecular flexibility index (Phi) is 3.53. The number of nitrogens with zero attached hydrogens (tertiary/aromatic N) is 2. The second-order valence-corrected chi connectivity index (χ2v) is 6.48. The Morgan fingerprint density at radius 3 is 2.68 bits per heavy atom.